The average Bonchev–Trinajstić information content (AvgIpc) is 2.26. The minimum atomic E-state index is -4.62. The van der Waals surface area contributed by atoms with Gasteiger partial charge >= 0.3 is 6.18 Å². The number of benzene rings is 1. The van der Waals surface area contributed by atoms with E-state index >= 15 is 0 Å². The molecule has 0 unspecified atom stereocenters. The van der Waals surface area contributed by atoms with Crippen LogP contribution in [0.1, 0.15) is 17.3 Å². The van der Waals surface area contributed by atoms with E-state index in [0.29, 0.717) is 0 Å². The predicted molar refractivity (Wildman–Crippen MR) is 65.9 cm³/mol. The van der Waals surface area contributed by atoms with Crippen molar-refractivity contribution in [1.82, 2.24) is 0 Å². The van der Waals surface area contributed by atoms with Crippen molar-refractivity contribution in [3.8, 4) is 5.75 Å². The molecule has 112 valence electrons. The molecule has 1 atom stereocenters. The molecule has 0 fully saturated rings. The fraction of sp³-hybridized carbons (Fsp3) is 0.364. The number of hydrogen-bond acceptors (Lipinski definition) is 4. The van der Waals surface area contributed by atoms with E-state index in [-0.39, 0.29) is 4.90 Å². The van der Waals surface area contributed by atoms with Crippen LogP contribution in [0.3, 0.4) is 0 Å². The van der Waals surface area contributed by atoms with Crippen LogP contribution in [0.2, 0.25) is 0 Å². The van der Waals surface area contributed by atoms with Crippen molar-refractivity contribution in [2.45, 2.75) is 24.1 Å². The van der Waals surface area contributed by atoms with Gasteiger partial charge in [0, 0.05) is 6.26 Å². The molecule has 0 aromatic heterocycles. The van der Waals surface area contributed by atoms with Gasteiger partial charge in [-0.15, -0.1) is 0 Å². The van der Waals surface area contributed by atoms with E-state index in [4.69, 9.17) is 11.6 Å². The number of carbonyl (C=O) groups is 1. The van der Waals surface area contributed by atoms with E-state index < -0.39 is 38.7 Å². The molecule has 1 aromatic rings. The Morgan fingerprint density at radius 2 is 1.90 bits per heavy atom. The van der Waals surface area contributed by atoms with Crippen LogP contribution < -0.4 is 4.74 Å². The van der Waals surface area contributed by atoms with Gasteiger partial charge in [0.1, 0.15) is 5.75 Å². The predicted octanol–water partition coefficient (Wildman–Crippen LogP) is 2.80. The molecule has 0 amide bonds. The highest BCUT2D eigenvalue weighted by Gasteiger charge is 2.38. The Morgan fingerprint density at radius 3 is 2.30 bits per heavy atom. The summed E-state index contributed by atoms with van der Waals surface area (Å²) in [5.41, 5.74) is -0.439. The molecular weight excluding hydrogens is 321 g/mol. The van der Waals surface area contributed by atoms with Crippen LogP contribution in [-0.2, 0) is 9.84 Å². The third-order valence-electron chi connectivity index (χ3n) is 2.36. The van der Waals surface area contributed by atoms with Gasteiger partial charge in [0.25, 0.3) is 5.24 Å². The van der Waals surface area contributed by atoms with E-state index in [1.54, 1.807) is 0 Å². The maximum atomic E-state index is 12.4. The highest BCUT2D eigenvalue weighted by Crippen LogP contribution is 2.29. The standard InChI is InChI=1S/C11H10ClF3O4S/c1-6(11(13,14)15)19-9-4-3-7(20(2,17)18)5-8(9)10(12)16/h3-6H,1-2H3/t6-/m1/s1. The average molecular weight is 331 g/mol. The number of hydrogen-bond donors (Lipinski definition) is 0. The lowest BCUT2D eigenvalue weighted by Gasteiger charge is -2.19. The second-order valence-corrected chi connectivity index (χ2v) is 6.36. The highest BCUT2D eigenvalue weighted by atomic mass is 35.5. The van der Waals surface area contributed by atoms with Gasteiger partial charge in [0.2, 0.25) is 0 Å². The van der Waals surface area contributed by atoms with Crippen LogP contribution in [-0.4, -0.2) is 32.2 Å². The Morgan fingerprint density at radius 1 is 1.35 bits per heavy atom. The van der Waals surface area contributed by atoms with Crippen molar-refractivity contribution >= 4 is 26.7 Å². The van der Waals surface area contributed by atoms with E-state index in [0.717, 1.165) is 31.4 Å². The molecule has 0 bridgehead atoms. The van der Waals surface area contributed by atoms with Crippen molar-refractivity contribution in [1.29, 1.82) is 0 Å². The Bertz CT molecular complexity index is 625. The number of halogens is 4. The molecule has 4 nitrogen and oxygen atoms in total. The minimum absolute atomic E-state index is 0.242. The van der Waals surface area contributed by atoms with Gasteiger partial charge in [-0.25, -0.2) is 8.42 Å². The molecule has 0 radical (unpaired) electrons. The third-order valence-corrected chi connectivity index (χ3v) is 3.67. The fourth-order valence-electron chi connectivity index (χ4n) is 1.25. The molecular formula is C11H10ClF3O4S. The summed E-state index contributed by atoms with van der Waals surface area (Å²) in [6, 6.07) is 2.88. The molecule has 0 N–H and O–H groups in total. The molecule has 0 heterocycles. The van der Waals surface area contributed by atoms with Crippen molar-refractivity contribution in [2.75, 3.05) is 6.26 Å². The first-order chi connectivity index (χ1) is 8.93. The zero-order valence-corrected chi connectivity index (χ0v) is 11.9. The monoisotopic (exact) mass is 330 g/mol. The molecule has 20 heavy (non-hydrogen) atoms. The quantitative estimate of drug-likeness (QED) is 0.796. The number of ether oxygens (including phenoxy) is 1. The third kappa shape index (κ3) is 4.11. The SMILES string of the molecule is C[C@@H](Oc1ccc(S(C)(=O)=O)cc1C(=O)Cl)C(F)(F)F. The molecule has 9 heteroatoms. The first-order valence-corrected chi connectivity index (χ1v) is 7.47. The lowest BCUT2D eigenvalue weighted by atomic mass is 10.2. The summed E-state index contributed by atoms with van der Waals surface area (Å²) < 4.78 is 64.5. The Hall–Kier alpha value is -1.28. The highest BCUT2D eigenvalue weighted by molar-refractivity contribution is 7.90. The molecule has 1 rings (SSSR count). The van der Waals surface area contributed by atoms with Crippen LogP contribution in [0.4, 0.5) is 13.2 Å². The topological polar surface area (TPSA) is 60.4 Å². The summed E-state index contributed by atoms with van der Waals surface area (Å²) in [6.07, 6.45) is -5.90. The summed E-state index contributed by atoms with van der Waals surface area (Å²) in [4.78, 5) is 10.9. The summed E-state index contributed by atoms with van der Waals surface area (Å²) in [5, 5.41) is -1.11. The van der Waals surface area contributed by atoms with E-state index in [1.807, 2.05) is 0 Å². The number of carbonyl (C=O) groups excluding carboxylic acids is 1. The van der Waals surface area contributed by atoms with Gasteiger partial charge in [-0.05, 0) is 36.7 Å². The maximum absolute atomic E-state index is 12.4. The van der Waals surface area contributed by atoms with Crippen LogP contribution in [0.25, 0.3) is 0 Å². The van der Waals surface area contributed by atoms with Crippen LogP contribution >= 0.6 is 11.6 Å². The van der Waals surface area contributed by atoms with Crippen LogP contribution in [0.5, 0.6) is 5.75 Å². The second-order valence-electron chi connectivity index (χ2n) is 4.01. The smallest absolute Gasteiger partial charge is 0.425 e. The molecule has 0 saturated heterocycles. The summed E-state index contributed by atoms with van der Waals surface area (Å²) in [5.74, 6) is -0.428. The van der Waals surface area contributed by atoms with Crippen molar-refractivity contribution in [2.24, 2.45) is 0 Å². The Kier molecular flexibility index (Phi) is 4.70. The van der Waals surface area contributed by atoms with Crippen LogP contribution in [0.15, 0.2) is 23.1 Å². The summed E-state index contributed by atoms with van der Waals surface area (Å²) in [7, 11) is -3.62. The fourth-order valence-corrected chi connectivity index (χ4v) is 2.05. The minimum Gasteiger partial charge on any atom is -0.480 e. The van der Waals surface area contributed by atoms with Gasteiger partial charge in [-0.2, -0.15) is 13.2 Å². The van der Waals surface area contributed by atoms with Gasteiger partial charge in [-0.1, -0.05) is 0 Å². The van der Waals surface area contributed by atoms with Crippen molar-refractivity contribution in [3.63, 3.8) is 0 Å². The van der Waals surface area contributed by atoms with E-state index in [1.165, 1.54) is 0 Å². The largest absolute Gasteiger partial charge is 0.480 e. The molecule has 0 saturated carbocycles. The maximum Gasteiger partial charge on any atom is 0.425 e. The van der Waals surface area contributed by atoms with Crippen LogP contribution in [0, 0.1) is 0 Å². The number of sulfone groups is 1. The molecule has 0 aliphatic rings. The lowest BCUT2D eigenvalue weighted by Crippen LogP contribution is -2.31. The molecule has 0 spiro atoms. The first-order valence-electron chi connectivity index (χ1n) is 5.20. The second kappa shape index (κ2) is 5.61. The molecule has 1 aromatic carbocycles. The summed E-state index contributed by atoms with van der Waals surface area (Å²) >= 11 is 5.23. The van der Waals surface area contributed by atoms with Crippen molar-refractivity contribution in [3.05, 3.63) is 23.8 Å². The zero-order chi connectivity index (χ0) is 15.7. The van der Waals surface area contributed by atoms with Gasteiger partial charge in [0.05, 0.1) is 10.5 Å². The Balaban J connectivity index is 3.25. The van der Waals surface area contributed by atoms with Gasteiger partial charge in [0.15, 0.2) is 15.9 Å². The van der Waals surface area contributed by atoms with Gasteiger partial charge < -0.3 is 4.74 Å². The van der Waals surface area contributed by atoms with E-state index in [2.05, 4.69) is 4.74 Å². The zero-order valence-electron chi connectivity index (χ0n) is 10.4. The Labute approximate surface area is 118 Å². The molecule has 0 aliphatic carbocycles. The van der Waals surface area contributed by atoms with Crippen molar-refractivity contribution < 1.29 is 31.1 Å². The number of alkyl halides is 3. The first kappa shape index (κ1) is 16.8. The summed E-state index contributed by atoms with van der Waals surface area (Å²) in [6.45, 7) is 0.757. The van der Waals surface area contributed by atoms with Gasteiger partial charge in [-0.3, -0.25) is 4.79 Å². The molecule has 0 aliphatic heterocycles. The lowest BCUT2D eigenvalue weighted by molar-refractivity contribution is -0.189. The normalized spacial score (nSPS) is 13.9. The van der Waals surface area contributed by atoms with E-state index in [9.17, 15) is 26.4 Å². The number of rotatable bonds is 4.